The number of nitrogens with one attached hydrogen (secondary N) is 1. The zero-order chi connectivity index (χ0) is 18.9. The van der Waals surface area contributed by atoms with Gasteiger partial charge in [-0.05, 0) is 39.7 Å². The van der Waals surface area contributed by atoms with E-state index in [0.29, 0.717) is 17.6 Å². The largest absolute Gasteiger partial charge is 0.463 e. The molecule has 1 N–H and O–H groups in total. The van der Waals surface area contributed by atoms with Crippen LogP contribution in [0.1, 0.15) is 33.6 Å². The number of amides is 1. The highest BCUT2D eigenvalue weighted by Crippen LogP contribution is 2.24. The number of nitro groups is 1. The van der Waals surface area contributed by atoms with E-state index in [9.17, 15) is 14.9 Å². The summed E-state index contributed by atoms with van der Waals surface area (Å²) in [6, 6.07) is 4.56. The Kier molecular flexibility index (Phi) is 4.71. The molecule has 3 rings (SSSR count). The minimum atomic E-state index is -0.543. The van der Waals surface area contributed by atoms with Crippen LogP contribution in [0.2, 0.25) is 0 Å². The summed E-state index contributed by atoms with van der Waals surface area (Å²) < 4.78 is 11.1. The van der Waals surface area contributed by atoms with Crippen LogP contribution in [0.5, 0.6) is 6.01 Å². The summed E-state index contributed by atoms with van der Waals surface area (Å²) in [5, 5.41) is 10.8. The van der Waals surface area contributed by atoms with Crippen LogP contribution in [0.3, 0.4) is 0 Å². The number of benzene rings is 1. The summed E-state index contributed by atoms with van der Waals surface area (Å²) in [6.45, 7) is 6.41. The second-order valence-corrected chi connectivity index (χ2v) is 7.28. The number of nitro benzene ring substituents is 1. The number of nitrogens with zero attached hydrogens (tertiary/aromatic N) is 3. The average Bonchev–Trinajstić information content (AvgIpc) is 3.16. The van der Waals surface area contributed by atoms with Gasteiger partial charge in [-0.25, -0.2) is 4.79 Å². The Labute approximate surface area is 150 Å². The quantitative estimate of drug-likeness (QED) is 0.660. The molecule has 140 valence electrons. The Morgan fingerprint density at radius 3 is 2.92 bits per heavy atom. The monoisotopic (exact) mass is 362 g/mol. The number of hydrogen-bond donors (Lipinski definition) is 1. The Balaban J connectivity index is 1.65. The van der Waals surface area contributed by atoms with Crippen LogP contribution in [0.25, 0.3) is 11.0 Å². The van der Waals surface area contributed by atoms with E-state index in [1.54, 1.807) is 11.0 Å². The lowest BCUT2D eigenvalue weighted by Crippen LogP contribution is -2.42. The van der Waals surface area contributed by atoms with Gasteiger partial charge in [0.1, 0.15) is 12.2 Å². The number of fused-ring (bicyclic) bond motifs is 1. The minimum Gasteiger partial charge on any atom is -0.463 e. The van der Waals surface area contributed by atoms with Crippen molar-refractivity contribution in [2.24, 2.45) is 0 Å². The van der Waals surface area contributed by atoms with E-state index >= 15 is 0 Å². The Bertz CT molecular complexity index is 826. The number of likely N-dealkylation sites (tertiary alicyclic amines) is 1. The van der Waals surface area contributed by atoms with Gasteiger partial charge in [-0.15, -0.1) is 0 Å². The third kappa shape index (κ3) is 4.04. The maximum absolute atomic E-state index is 12.3. The lowest BCUT2D eigenvalue weighted by Gasteiger charge is -2.28. The van der Waals surface area contributed by atoms with Gasteiger partial charge in [0.25, 0.3) is 11.7 Å². The third-order valence-corrected chi connectivity index (χ3v) is 4.07. The number of rotatable bonds is 4. The molecule has 2 aromatic rings. The predicted molar refractivity (Wildman–Crippen MR) is 94.2 cm³/mol. The molecule has 26 heavy (non-hydrogen) atoms. The van der Waals surface area contributed by atoms with Crippen LogP contribution >= 0.6 is 0 Å². The number of hydrogen-bond acceptors (Lipinski definition) is 6. The van der Waals surface area contributed by atoms with E-state index in [1.165, 1.54) is 12.1 Å². The lowest BCUT2D eigenvalue weighted by molar-refractivity contribution is -0.384. The molecule has 0 unspecified atom stereocenters. The SMILES string of the molecule is CC(C)(C)OC(=O)N1CCC[C@@H]1COc1nc2ccc([N+](=O)[O-])cc2[nH]1. The average molecular weight is 362 g/mol. The molecule has 2 heterocycles. The number of ether oxygens (including phenoxy) is 2. The lowest BCUT2D eigenvalue weighted by atomic mass is 10.2. The second-order valence-electron chi connectivity index (χ2n) is 7.28. The van der Waals surface area contributed by atoms with Crippen LogP contribution in [0, 0.1) is 10.1 Å². The zero-order valence-corrected chi connectivity index (χ0v) is 15.0. The van der Waals surface area contributed by atoms with Crippen LogP contribution in [-0.2, 0) is 4.74 Å². The first-order chi connectivity index (χ1) is 12.2. The van der Waals surface area contributed by atoms with Crippen molar-refractivity contribution >= 4 is 22.8 Å². The van der Waals surface area contributed by atoms with Crippen molar-refractivity contribution in [3.63, 3.8) is 0 Å². The van der Waals surface area contributed by atoms with Crippen molar-refractivity contribution in [2.75, 3.05) is 13.2 Å². The fourth-order valence-electron chi connectivity index (χ4n) is 2.90. The Morgan fingerprint density at radius 2 is 2.23 bits per heavy atom. The standard InChI is InChI=1S/C17H22N4O5/c1-17(2,3)26-16(22)20-8-4-5-12(20)10-25-15-18-13-7-6-11(21(23)24)9-14(13)19-15/h6-7,9,12H,4-5,8,10H2,1-3H3,(H,18,19)/t12-/m1/s1. The summed E-state index contributed by atoms with van der Waals surface area (Å²) in [6.07, 6.45) is 1.37. The minimum absolute atomic E-state index is 0.0143. The zero-order valence-electron chi connectivity index (χ0n) is 15.0. The molecule has 0 spiro atoms. The number of aromatic nitrogens is 2. The molecule has 1 saturated heterocycles. The van der Waals surface area contributed by atoms with Crippen LogP contribution in [0.15, 0.2) is 18.2 Å². The Morgan fingerprint density at radius 1 is 1.46 bits per heavy atom. The number of non-ortho nitro benzene ring substituents is 1. The van der Waals surface area contributed by atoms with Gasteiger partial charge in [0.2, 0.25) is 0 Å². The second kappa shape index (κ2) is 6.81. The first-order valence-corrected chi connectivity index (χ1v) is 8.49. The molecule has 0 bridgehead atoms. The number of imidazole rings is 1. The van der Waals surface area contributed by atoms with Gasteiger partial charge in [-0.2, -0.15) is 4.98 Å². The molecule has 0 radical (unpaired) electrons. The van der Waals surface area contributed by atoms with Gasteiger partial charge in [-0.3, -0.25) is 10.1 Å². The Hall–Kier alpha value is -2.84. The highest BCUT2D eigenvalue weighted by molar-refractivity contribution is 5.78. The normalized spacial score (nSPS) is 17.5. The first-order valence-electron chi connectivity index (χ1n) is 8.49. The summed E-state index contributed by atoms with van der Waals surface area (Å²) in [7, 11) is 0. The van der Waals surface area contributed by atoms with Crippen LogP contribution in [0.4, 0.5) is 10.5 Å². The van der Waals surface area contributed by atoms with Gasteiger partial charge in [-0.1, -0.05) is 0 Å². The summed E-state index contributed by atoms with van der Waals surface area (Å²) >= 11 is 0. The van der Waals surface area contributed by atoms with Crippen LogP contribution in [-0.4, -0.2) is 50.7 Å². The van der Waals surface area contributed by atoms with Gasteiger partial charge >= 0.3 is 6.09 Å². The number of carbonyl (C=O) groups is 1. The number of aromatic amines is 1. The highest BCUT2D eigenvalue weighted by atomic mass is 16.6. The fraction of sp³-hybridized carbons (Fsp3) is 0.529. The molecule has 9 nitrogen and oxygen atoms in total. The molecule has 1 fully saturated rings. The van der Waals surface area contributed by atoms with E-state index in [4.69, 9.17) is 9.47 Å². The molecule has 1 atom stereocenters. The molecule has 1 aromatic carbocycles. The highest BCUT2D eigenvalue weighted by Gasteiger charge is 2.32. The van der Waals surface area contributed by atoms with Crippen molar-refractivity contribution in [3.05, 3.63) is 28.3 Å². The molecule has 1 amide bonds. The van der Waals surface area contributed by atoms with Gasteiger partial charge in [0.05, 0.1) is 22.0 Å². The molecular formula is C17H22N4O5. The molecule has 9 heteroatoms. The van der Waals surface area contributed by atoms with Gasteiger partial charge in [0.15, 0.2) is 0 Å². The molecular weight excluding hydrogens is 340 g/mol. The summed E-state index contributed by atoms with van der Waals surface area (Å²) in [5.74, 6) is 0. The summed E-state index contributed by atoms with van der Waals surface area (Å²) in [4.78, 5) is 31.5. The maximum Gasteiger partial charge on any atom is 0.410 e. The maximum atomic E-state index is 12.3. The number of carbonyl (C=O) groups excluding carboxylic acids is 1. The molecule has 1 aromatic heterocycles. The third-order valence-electron chi connectivity index (χ3n) is 4.07. The van der Waals surface area contributed by atoms with Gasteiger partial charge < -0.3 is 19.4 Å². The van der Waals surface area contributed by atoms with Crippen molar-refractivity contribution in [1.29, 1.82) is 0 Å². The first kappa shape index (κ1) is 18.0. The predicted octanol–water partition coefficient (Wildman–Crippen LogP) is 3.25. The van der Waals surface area contributed by atoms with E-state index in [0.717, 1.165) is 12.8 Å². The topological polar surface area (TPSA) is 111 Å². The smallest absolute Gasteiger partial charge is 0.410 e. The van der Waals surface area contributed by atoms with E-state index in [1.807, 2.05) is 20.8 Å². The van der Waals surface area contributed by atoms with E-state index in [-0.39, 0.29) is 30.4 Å². The fourth-order valence-corrected chi connectivity index (χ4v) is 2.90. The van der Waals surface area contributed by atoms with E-state index in [2.05, 4.69) is 9.97 Å². The van der Waals surface area contributed by atoms with Crippen molar-refractivity contribution in [2.45, 2.75) is 45.3 Å². The van der Waals surface area contributed by atoms with E-state index < -0.39 is 10.5 Å². The number of H-pyrrole nitrogens is 1. The molecule has 0 saturated carbocycles. The molecule has 1 aliphatic heterocycles. The van der Waals surface area contributed by atoms with Crippen molar-refractivity contribution in [3.8, 4) is 6.01 Å². The van der Waals surface area contributed by atoms with Crippen molar-refractivity contribution in [1.82, 2.24) is 14.9 Å². The molecule has 1 aliphatic rings. The molecule has 0 aliphatic carbocycles. The van der Waals surface area contributed by atoms with Gasteiger partial charge in [0, 0.05) is 18.7 Å². The summed E-state index contributed by atoms with van der Waals surface area (Å²) in [5.41, 5.74) is 0.559. The van der Waals surface area contributed by atoms with Crippen LogP contribution < -0.4 is 4.74 Å². The van der Waals surface area contributed by atoms with Crippen molar-refractivity contribution < 1.29 is 19.2 Å².